The quantitative estimate of drug-likeness (QED) is 0.466. The molecule has 0 fully saturated rings. The van der Waals surface area contributed by atoms with Crippen LogP contribution in [-0.2, 0) is 17.1 Å². The van der Waals surface area contributed by atoms with Crippen LogP contribution in [0, 0.1) is 6.92 Å². The summed E-state index contributed by atoms with van der Waals surface area (Å²) in [5.41, 5.74) is 2.52. The molecule has 0 aliphatic heterocycles. The van der Waals surface area contributed by atoms with Gasteiger partial charge in [-0.05, 0) is 55.0 Å². The van der Waals surface area contributed by atoms with Crippen LogP contribution in [0.3, 0.4) is 0 Å². The highest BCUT2D eigenvalue weighted by atomic mass is 35.5. The minimum atomic E-state index is -3.75. The Bertz CT molecular complexity index is 1470. The zero-order valence-corrected chi connectivity index (χ0v) is 19.1. The second-order valence-corrected chi connectivity index (χ2v) is 10.1. The molecule has 0 aliphatic carbocycles. The number of hydrogen-bond acceptors (Lipinski definition) is 4. The highest BCUT2D eigenvalue weighted by Gasteiger charge is 2.15. The van der Waals surface area contributed by atoms with Crippen molar-refractivity contribution >= 4 is 54.8 Å². The van der Waals surface area contributed by atoms with Crippen LogP contribution in [0.15, 0.2) is 76.6 Å². The summed E-state index contributed by atoms with van der Waals surface area (Å²) in [6, 6.07) is 18.0. The number of hydrogen-bond donors (Lipinski definition) is 1. The molecule has 1 amide bonds. The van der Waals surface area contributed by atoms with Gasteiger partial charge in [-0.25, -0.2) is 8.42 Å². The molecule has 158 valence electrons. The van der Waals surface area contributed by atoms with Crippen molar-refractivity contribution < 1.29 is 13.2 Å². The Kier molecular flexibility index (Phi) is 5.70. The van der Waals surface area contributed by atoms with E-state index in [0.29, 0.717) is 9.82 Å². The fourth-order valence-electron chi connectivity index (χ4n) is 3.25. The fraction of sp³-hybridized carbons (Fsp3) is 0.0909. The summed E-state index contributed by atoms with van der Waals surface area (Å²) in [4.78, 5) is 17.7. The van der Waals surface area contributed by atoms with Crippen LogP contribution in [0.4, 0.5) is 5.69 Å². The average molecular weight is 472 g/mol. The number of carbonyl (C=O) groups excluding carboxylic acids is 1. The normalized spacial score (nSPS) is 12.3. The number of nitrogens with one attached hydrogen (secondary N) is 1. The van der Waals surface area contributed by atoms with Crippen LogP contribution in [0.2, 0.25) is 5.02 Å². The Morgan fingerprint density at radius 3 is 2.55 bits per heavy atom. The molecule has 1 aromatic heterocycles. The van der Waals surface area contributed by atoms with E-state index in [4.69, 9.17) is 11.6 Å². The summed E-state index contributed by atoms with van der Waals surface area (Å²) in [5.74, 6) is -0.466. The summed E-state index contributed by atoms with van der Waals surface area (Å²) >= 11 is 7.51. The van der Waals surface area contributed by atoms with Gasteiger partial charge >= 0.3 is 0 Å². The first-order valence-corrected chi connectivity index (χ1v) is 11.9. The van der Waals surface area contributed by atoms with Crippen molar-refractivity contribution in [2.24, 2.45) is 12.0 Å². The number of aromatic nitrogens is 1. The van der Waals surface area contributed by atoms with Crippen LogP contribution in [0.25, 0.3) is 10.2 Å². The number of halogens is 1. The maximum atomic E-state index is 12.8. The second kappa shape index (κ2) is 8.30. The zero-order valence-electron chi connectivity index (χ0n) is 16.7. The number of aryl methyl sites for hydroxylation is 2. The molecule has 0 atom stereocenters. The van der Waals surface area contributed by atoms with Crippen LogP contribution in [0.5, 0.6) is 0 Å². The van der Waals surface area contributed by atoms with Gasteiger partial charge in [0.2, 0.25) is 0 Å². The maximum Gasteiger partial charge on any atom is 0.279 e. The molecule has 31 heavy (non-hydrogen) atoms. The standard InChI is InChI=1S/C22H18ClN3O3S2/c1-14-11-16(23)13-19-20(14)26(2)22(30-19)24-21(27)15-7-6-8-17(12-15)25-31(28,29)18-9-4-3-5-10-18/h3-13,25H,1-2H3. The number of rotatable bonds is 4. The first kappa shape index (κ1) is 21.3. The molecule has 9 heteroatoms. The Balaban J connectivity index is 1.67. The molecule has 0 radical (unpaired) electrons. The highest BCUT2D eigenvalue weighted by molar-refractivity contribution is 7.92. The second-order valence-electron chi connectivity index (χ2n) is 6.93. The molecule has 0 aliphatic rings. The van der Waals surface area contributed by atoms with E-state index < -0.39 is 15.9 Å². The summed E-state index contributed by atoms with van der Waals surface area (Å²) in [6.07, 6.45) is 0. The predicted octanol–water partition coefficient (Wildman–Crippen LogP) is 4.74. The third kappa shape index (κ3) is 4.41. The minimum Gasteiger partial charge on any atom is -0.319 e. The lowest BCUT2D eigenvalue weighted by Gasteiger charge is -2.08. The average Bonchev–Trinajstić information content (AvgIpc) is 3.03. The molecule has 1 heterocycles. The number of amides is 1. The van der Waals surface area contributed by atoms with E-state index >= 15 is 0 Å². The molecule has 0 saturated carbocycles. The van der Waals surface area contributed by atoms with Gasteiger partial charge in [0.15, 0.2) is 4.80 Å². The number of anilines is 1. The summed E-state index contributed by atoms with van der Waals surface area (Å²) in [6.45, 7) is 1.95. The van der Waals surface area contributed by atoms with E-state index in [1.54, 1.807) is 36.4 Å². The van der Waals surface area contributed by atoms with Gasteiger partial charge in [-0.2, -0.15) is 4.99 Å². The molecule has 0 spiro atoms. The fourth-order valence-corrected chi connectivity index (χ4v) is 5.80. The van der Waals surface area contributed by atoms with Gasteiger partial charge in [0.25, 0.3) is 15.9 Å². The van der Waals surface area contributed by atoms with Gasteiger partial charge in [0.1, 0.15) is 0 Å². The molecule has 3 aromatic carbocycles. The van der Waals surface area contributed by atoms with Crippen molar-refractivity contribution in [1.29, 1.82) is 0 Å². The van der Waals surface area contributed by atoms with Crippen molar-refractivity contribution in [3.63, 3.8) is 0 Å². The van der Waals surface area contributed by atoms with Gasteiger partial charge in [-0.3, -0.25) is 9.52 Å². The highest BCUT2D eigenvalue weighted by Crippen LogP contribution is 2.25. The zero-order chi connectivity index (χ0) is 22.2. The molecule has 1 N–H and O–H groups in total. The molecule has 0 bridgehead atoms. The van der Waals surface area contributed by atoms with E-state index in [1.165, 1.54) is 29.5 Å². The number of sulfonamides is 1. The van der Waals surface area contributed by atoms with E-state index in [9.17, 15) is 13.2 Å². The molecule has 4 rings (SSSR count). The summed E-state index contributed by atoms with van der Waals surface area (Å²) in [7, 11) is -1.91. The predicted molar refractivity (Wildman–Crippen MR) is 124 cm³/mol. The minimum absolute atomic E-state index is 0.141. The summed E-state index contributed by atoms with van der Waals surface area (Å²) < 4.78 is 30.4. The number of fused-ring (bicyclic) bond motifs is 1. The lowest BCUT2D eigenvalue weighted by atomic mass is 10.2. The van der Waals surface area contributed by atoms with Gasteiger partial charge < -0.3 is 4.57 Å². The van der Waals surface area contributed by atoms with Crippen molar-refractivity contribution in [2.75, 3.05) is 4.72 Å². The topological polar surface area (TPSA) is 80.5 Å². The van der Waals surface area contributed by atoms with Crippen LogP contribution < -0.4 is 9.52 Å². The first-order valence-electron chi connectivity index (χ1n) is 9.27. The van der Waals surface area contributed by atoms with E-state index in [0.717, 1.165) is 15.8 Å². The Morgan fingerprint density at radius 2 is 1.81 bits per heavy atom. The molecular formula is C22H18ClN3O3S2. The Hall–Kier alpha value is -2.94. The Morgan fingerprint density at radius 1 is 1.06 bits per heavy atom. The molecule has 6 nitrogen and oxygen atoms in total. The van der Waals surface area contributed by atoms with Crippen molar-refractivity contribution in [2.45, 2.75) is 11.8 Å². The third-order valence-electron chi connectivity index (χ3n) is 4.67. The Labute approximate surface area is 188 Å². The monoisotopic (exact) mass is 471 g/mol. The first-order chi connectivity index (χ1) is 14.7. The van der Waals surface area contributed by atoms with Crippen LogP contribution >= 0.6 is 22.9 Å². The van der Waals surface area contributed by atoms with Gasteiger partial charge in [-0.15, -0.1) is 0 Å². The number of thiazole rings is 1. The van der Waals surface area contributed by atoms with Crippen molar-refractivity contribution in [3.8, 4) is 0 Å². The third-order valence-corrected chi connectivity index (χ3v) is 7.36. The number of carbonyl (C=O) groups is 1. The van der Waals surface area contributed by atoms with Crippen LogP contribution in [0.1, 0.15) is 15.9 Å². The number of benzene rings is 3. The van der Waals surface area contributed by atoms with Gasteiger partial charge in [0, 0.05) is 23.3 Å². The largest absolute Gasteiger partial charge is 0.319 e. The molecular weight excluding hydrogens is 454 g/mol. The van der Waals surface area contributed by atoms with Crippen LogP contribution in [-0.4, -0.2) is 18.9 Å². The van der Waals surface area contributed by atoms with Gasteiger partial charge in [0.05, 0.1) is 15.1 Å². The molecule has 4 aromatic rings. The SMILES string of the molecule is Cc1cc(Cl)cc2sc(=NC(=O)c3cccc(NS(=O)(=O)c4ccccc4)c3)n(C)c12. The molecule has 0 unspecified atom stereocenters. The van der Waals surface area contributed by atoms with Crippen molar-refractivity contribution in [1.82, 2.24) is 4.57 Å². The lowest BCUT2D eigenvalue weighted by molar-refractivity contribution is 0.0998. The van der Waals surface area contributed by atoms with Crippen molar-refractivity contribution in [3.05, 3.63) is 87.7 Å². The lowest BCUT2D eigenvalue weighted by Crippen LogP contribution is -2.15. The van der Waals surface area contributed by atoms with E-state index in [1.807, 2.05) is 30.7 Å². The number of nitrogens with zero attached hydrogens (tertiary/aromatic N) is 2. The van der Waals surface area contributed by atoms with Gasteiger partial charge in [-0.1, -0.05) is 47.2 Å². The van der Waals surface area contributed by atoms with E-state index in [2.05, 4.69) is 9.71 Å². The smallest absolute Gasteiger partial charge is 0.279 e. The van der Waals surface area contributed by atoms with E-state index in [-0.39, 0.29) is 16.1 Å². The maximum absolute atomic E-state index is 12.8. The molecule has 0 saturated heterocycles. The summed E-state index contributed by atoms with van der Waals surface area (Å²) in [5, 5.41) is 0.628.